The van der Waals surface area contributed by atoms with Crippen molar-refractivity contribution >= 4 is 22.6 Å². The quantitative estimate of drug-likeness (QED) is 0.370. The number of fused-ring (bicyclic) bond motifs is 4. The van der Waals surface area contributed by atoms with Crippen LogP contribution in [-0.4, -0.2) is 19.7 Å². The van der Waals surface area contributed by atoms with Crippen LogP contribution in [0.15, 0.2) is 73.4 Å². The van der Waals surface area contributed by atoms with E-state index >= 15 is 0 Å². The van der Waals surface area contributed by atoms with Gasteiger partial charge in [-0.2, -0.15) is 5.10 Å². The lowest BCUT2D eigenvalue weighted by molar-refractivity contribution is 0.426. The molecule has 10 heteroatoms. The van der Waals surface area contributed by atoms with Gasteiger partial charge in [0, 0.05) is 5.56 Å². The Bertz CT molecular complexity index is 1780. The fourth-order valence-electron chi connectivity index (χ4n) is 4.41. The third-order valence-electron chi connectivity index (χ3n) is 5.84. The molecule has 0 saturated heterocycles. The number of aromatic amines is 2. The Hall–Kier alpha value is -4.37. The molecule has 9 nitrogen and oxygen atoms in total. The van der Waals surface area contributed by atoms with Gasteiger partial charge in [-0.05, 0) is 31.2 Å². The Morgan fingerprint density at radius 2 is 1.68 bits per heavy atom. The molecule has 2 N–H and O–H groups in total. The van der Waals surface area contributed by atoms with Crippen LogP contribution in [-0.2, 0) is 0 Å². The van der Waals surface area contributed by atoms with Crippen molar-refractivity contribution in [2.45, 2.75) is 12.8 Å². The Morgan fingerprint density at radius 3 is 2.47 bits per heavy atom. The van der Waals surface area contributed by atoms with Crippen LogP contribution in [0, 0.1) is 6.92 Å². The standard InChI is InChI=1S/C24H15ClN4O5/c1-11-15(21(25)29(28-11)12-7-3-2-4-8-12)16-17-19(13-9-5-6-10-14(13)33-23(17)31)34-20-18(16)26-24(32)27-22(20)30/h2-10,16H,1H3,(H2,26,27,30,32). The van der Waals surface area contributed by atoms with Crippen molar-refractivity contribution in [1.82, 2.24) is 19.7 Å². The molecule has 34 heavy (non-hydrogen) atoms. The molecule has 1 aliphatic heterocycles. The molecule has 0 spiro atoms. The maximum absolute atomic E-state index is 13.2. The first-order chi connectivity index (χ1) is 16.4. The van der Waals surface area contributed by atoms with Crippen LogP contribution >= 0.6 is 11.6 Å². The van der Waals surface area contributed by atoms with E-state index in [9.17, 15) is 14.4 Å². The zero-order valence-electron chi connectivity index (χ0n) is 17.6. The molecule has 5 aromatic rings. The summed E-state index contributed by atoms with van der Waals surface area (Å²) in [7, 11) is 0. The Balaban J connectivity index is 1.73. The van der Waals surface area contributed by atoms with Crippen molar-refractivity contribution in [2.75, 3.05) is 0 Å². The van der Waals surface area contributed by atoms with Gasteiger partial charge < -0.3 is 14.1 Å². The summed E-state index contributed by atoms with van der Waals surface area (Å²) in [5.74, 6) is -0.917. The molecule has 1 aliphatic rings. The zero-order chi connectivity index (χ0) is 23.6. The summed E-state index contributed by atoms with van der Waals surface area (Å²) in [5.41, 5.74) is 0.0361. The van der Waals surface area contributed by atoms with Crippen LogP contribution in [0.2, 0.25) is 5.15 Å². The average Bonchev–Trinajstić information content (AvgIpc) is 3.12. The zero-order valence-corrected chi connectivity index (χ0v) is 18.3. The molecule has 0 saturated carbocycles. The fraction of sp³-hybridized carbons (Fsp3) is 0.0833. The Morgan fingerprint density at radius 1 is 0.941 bits per heavy atom. The lowest BCUT2D eigenvalue weighted by Gasteiger charge is -2.26. The second-order valence-corrected chi connectivity index (χ2v) is 8.21. The van der Waals surface area contributed by atoms with Gasteiger partial charge in [0.15, 0.2) is 0 Å². The van der Waals surface area contributed by atoms with Crippen molar-refractivity contribution in [1.29, 1.82) is 0 Å². The van der Waals surface area contributed by atoms with E-state index in [2.05, 4.69) is 15.1 Å². The summed E-state index contributed by atoms with van der Waals surface area (Å²) in [6.07, 6.45) is 0. The van der Waals surface area contributed by atoms with E-state index < -0.39 is 22.8 Å². The van der Waals surface area contributed by atoms with Gasteiger partial charge in [-0.25, -0.2) is 14.3 Å². The Kier molecular flexibility index (Phi) is 4.36. The van der Waals surface area contributed by atoms with Crippen molar-refractivity contribution in [3.05, 3.63) is 114 Å². The number of para-hydroxylation sites is 2. The molecule has 0 bridgehead atoms. The first kappa shape index (κ1) is 20.3. The van der Waals surface area contributed by atoms with Gasteiger partial charge in [0.2, 0.25) is 5.75 Å². The molecule has 168 valence electrons. The highest BCUT2D eigenvalue weighted by Gasteiger charge is 2.39. The van der Waals surface area contributed by atoms with Crippen LogP contribution in [0.4, 0.5) is 0 Å². The van der Waals surface area contributed by atoms with Gasteiger partial charge >= 0.3 is 11.3 Å². The molecule has 2 aromatic carbocycles. The van der Waals surface area contributed by atoms with E-state index in [1.807, 2.05) is 30.3 Å². The van der Waals surface area contributed by atoms with Crippen LogP contribution in [0.25, 0.3) is 16.7 Å². The summed E-state index contributed by atoms with van der Waals surface area (Å²) in [5, 5.41) is 5.30. The van der Waals surface area contributed by atoms with E-state index in [0.29, 0.717) is 27.9 Å². The number of hydrogen-bond acceptors (Lipinski definition) is 6. The number of H-pyrrole nitrogens is 2. The minimum atomic E-state index is -0.959. The molecule has 0 fully saturated rings. The fourth-order valence-corrected chi connectivity index (χ4v) is 4.79. The van der Waals surface area contributed by atoms with Crippen molar-refractivity contribution in [3.8, 4) is 17.2 Å². The van der Waals surface area contributed by atoms with E-state index in [1.54, 1.807) is 31.2 Å². The third-order valence-corrected chi connectivity index (χ3v) is 6.21. The van der Waals surface area contributed by atoms with Crippen molar-refractivity contribution < 1.29 is 9.15 Å². The van der Waals surface area contributed by atoms with Gasteiger partial charge in [0.25, 0.3) is 5.56 Å². The Labute approximate surface area is 195 Å². The number of aromatic nitrogens is 4. The average molecular weight is 475 g/mol. The van der Waals surface area contributed by atoms with Crippen LogP contribution in [0.3, 0.4) is 0 Å². The first-order valence-electron chi connectivity index (χ1n) is 10.3. The summed E-state index contributed by atoms with van der Waals surface area (Å²) in [6, 6.07) is 16.1. The number of benzene rings is 2. The number of aryl methyl sites for hydroxylation is 1. The number of nitrogens with one attached hydrogen (secondary N) is 2. The van der Waals surface area contributed by atoms with Crippen LogP contribution in [0.1, 0.15) is 28.4 Å². The summed E-state index contributed by atoms with van der Waals surface area (Å²) in [4.78, 5) is 43.0. The summed E-state index contributed by atoms with van der Waals surface area (Å²) < 4.78 is 13.0. The minimum Gasteiger partial charge on any atom is -0.448 e. The molecule has 1 atom stereocenters. The highest BCUT2D eigenvalue weighted by Crippen LogP contribution is 2.48. The molecule has 1 unspecified atom stereocenters. The lowest BCUT2D eigenvalue weighted by atomic mass is 9.86. The maximum atomic E-state index is 13.2. The molecule has 3 aromatic heterocycles. The number of rotatable bonds is 2. The summed E-state index contributed by atoms with van der Waals surface area (Å²) in [6.45, 7) is 1.74. The van der Waals surface area contributed by atoms with Crippen LogP contribution in [0.5, 0.6) is 11.5 Å². The largest absolute Gasteiger partial charge is 0.448 e. The molecule has 6 rings (SSSR count). The van der Waals surface area contributed by atoms with Gasteiger partial charge in [-0.1, -0.05) is 41.9 Å². The first-order valence-corrected chi connectivity index (χ1v) is 10.7. The van der Waals surface area contributed by atoms with E-state index in [4.69, 9.17) is 20.8 Å². The van der Waals surface area contributed by atoms with E-state index in [0.717, 1.165) is 0 Å². The van der Waals surface area contributed by atoms with E-state index in [1.165, 1.54) is 4.68 Å². The van der Waals surface area contributed by atoms with Crippen molar-refractivity contribution in [3.63, 3.8) is 0 Å². The highest BCUT2D eigenvalue weighted by molar-refractivity contribution is 6.30. The van der Waals surface area contributed by atoms with E-state index in [-0.39, 0.29) is 27.9 Å². The molecule has 0 radical (unpaired) electrons. The predicted octanol–water partition coefficient (Wildman–Crippen LogP) is 3.60. The highest BCUT2D eigenvalue weighted by atomic mass is 35.5. The van der Waals surface area contributed by atoms with Gasteiger partial charge in [-0.3, -0.25) is 9.78 Å². The topological polar surface area (TPSA) is 123 Å². The normalized spacial score (nSPS) is 14.5. The summed E-state index contributed by atoms with van der Waals surface area (Å²) >= 11 is 6.83. The molecule has 0 amide bonds. The molecule has 4 heterocycles. The van der Waals surface area contributed by atoms with Crippen LogP contribution < -0.4 is 21.6 Å². The molecular formula is C24H15ClN4O5. The number of hydrogen-bond donors (Lipinski definition) is 2. The monoisotopic (exact) mass is 474 g/mol. The predicted molar refractivity (Wildman–Crippen MR) is 124 cm³/mol. The number of halogens is 1. The van der Waals surface area contributed by atoms with Gasteiger partial charge in [0.05, 0.1) is 33.9 Å². The van der Waals surface area contributed by atoms with Crippen molar-refractivity contribution in [2.24, 2.45) is 0 Å². The molecule has 0 aliphatic carbocycles. The number of nitrogens with zero attached hydrogens (tertiary/aromatic N) is 2. The molecular weight excluding hydrogens is 460 g/mol. The minimum absolute atomic E-state index is 0.0986. The number of ether oxygens (including phenoxy) is 1. The smallest absolute Gasteiger partial charge is 0.344 e. The van der Waals surface area contributed by atoms with Gasteiger partial charge in [-0.15, -0.1) is 0 Å². The lowest BCUT2D eigenvalue weighted by Crippen LogP contribution is -2.31. The second-order valence-electron chi connectivity index (χ2n) is 7.85. The SMILES string of the molecule is Cc1nn(-c2ccccc2)c(Cl)c1C1c2[nH]c(=O)[nH]c(=O)c2Oc2c1c(=O)oc1ccccc21. The second kappa shape index (κ2) is 7.32. The maximum Gasteiger partial charge on any atom is 0.344 e. The third kappa shape index (κ3) is 2.87. The van der Waals surface area contributed by atoms with Gasteiger partial charge in [0.1, 0.15) is 16.5 Å².